The Labute approximate surface area is 96.8 Å². The van der Waals surface area contributed by atoms with Gasteiger partial charge in [-0.15, -0.1) is 0 Å². The molecule has 0 fully saturated rings. The number of amides is 1. The highest BCUT2D eigenvalue weighted by Gasteiger charge is 2.01. The van der Waals surface area contributed by atoms with Crippen molar-refractivity contribution in [3.8, 4) is 5.75 Å². The molecule has 0 aliphatic carbocycles. The van der Waals surface area contributed by atoms with E-state index >= 15 is 0 Å². The number of methoxy groups -OCH3 is 1. The Bertz CT molecular complexity index is 361. The Balaban J connectivity index is 2.49. The maximum atomic E-state index is 11.0. The third-order valence-electron chi connectivity index (χ3n) is 2.52. The van der Waals surface area contributed by atoms with Gasteiger partial charge in [-0.2, -0.15) is 0 Å². The van der Waals surface area contributed by atoms with Crippen molar-refractivity contribution in [1.82, 2.24) is 5.32 Å². The van der Waals surface area contributed by atoms with Crippen LogP contribution in [0, 0.1) is 6.92 Å². The lowest BCUT2D eigenvalue weighted by Crippen LogP contribution is -2.24. The molecule has 1 rings (SSSR count). The van der Waals surface area contributed by atoms with E-state index in [4.69, 9.17) is 4.74 Å². The second-order valence-corrected chi connectivity index (χ2v) is 3.76. The third-order valence-corrected chi connectivity index (χ3v) is 2.52. The minimum atomic E-state index is 0.102. The Kier molecular flexibility index (Phi) is 4.83. The van der Waals surface area contributed by atoms with Gasteiger partial charge in [0.15, 0.2) is 0 Å². The molecule has 0 atom stereocenters. The zero-order chi connectivity index (χ0) is 12.0. The minimum Gasteiger partial charge on any atom is -0.496 e. The number of hydrogen-bond donors (Lipinski definition) is 1. The van der Waals surface area contributed by atoms with Crippen molar-refractivity contribution in [1.29, 1.82) is 0 Å². The van der Waals surface area contributed by atoms with Gasteiger partial charge in [-0.25, -0.2) is 0 Å². The van der Waals surface area contributed by atoms with Crippen LogP contribution < -0.4 is 10.1 Å². The van der Waals surface area contributed by atoms with Crippen LogP contribution >= 0.6 is 0 Å². The Morgan fingerprint density at radius 2 is 2.19 bits per heavy atom. The molecule has 0 aliphatic heterocycles. The number of nitrogens with one attached hydrogen (secondary N) is 1. The van der Waals surface area contributed by atoms with E-state index in [0.29, 0.717) is 13.0 Å². The molecule has 3 nitrogen and oxygen atoms in total. The van der Waals surface area contributed by atoms with Gasteiger partial charge in [0.2, 0.25) is 5.91 Å². The lowest BCUT2D eigenvalue weighted by molar-refractivity contribution is -0.120. The first-order valence-electron chi connectivity index (χ1n) is 5.57. The highest BCUT2D eigenvalue weighted by molar-refractivity contribution is 5.75. The van der Waals surface area contributed by atoms with Crippen LogP contribution in [0.4, 0.5) is 0 Å². The number of ether oxygens (including phenoxy) is 1. The van der Waals surface area contributed by atoms with Crippen LogP contribution in [0.25, 0.3) is 0 Å². The molecule has 1 N–H and O–H groups in total. The molecule has 1 amide bonds. The van der Waals surface area contributed by atoms with Crippen LogP contribution in [-0.2, 0) is 11.2 Å². The molecule has 88 valence electrons. The van der Waals surface area contributed by atoms with E-state index in [1.54, 1.807) is 7.11 Å². The quantitative estimate of drug-likeness (QED) is 0.826. The van der Waals surface area contributed by atoms with E-state index in [1.807, 2.05) is 26.0 Å². The predicted molar refractivity (Wildman–Crippen MR) is 64.7 cm³/mol. The largest absolute Gasteiger partial charge is 0.496 e. The van der Waals surface area contributed by atoms with Crippen molar-refractivity contribution < 1.29 is 9.53 Å². The first-order valence-corrected chi connectivity index (χ1v) is 5.57. The van der Waals surface area contributed by atoms with Gasteiger partial charge in [-0.05, 0) is 30.5 Å². The number of benzene rings is 1. The van der Waals surface area contributed by atoms with Crippen LogP contribution in [-0.4, -0.2) is 19.6 Å². The lowest BCUT2D eigenvalue weighted by atomic mass is 10.1. The highest BCUT2D eigenvalue weighted by atomic mass is 16.5. The monoisotopic (exact) mass is 221 g/mol. The van der Waals surface area contributed by atoms with Gasteiger partial charge >= 0.3 is 0 Å². The summed E-state index contributed by atoms with van der Waals surface area (Å²) in [5, 5.41) is 2.86. The van der Waals surface area contributed by atoms with Crippen molar-refractivity contribution in [2.45, 2.75) is 26.7 Å². The summed E-state index contributed by atoms with van der Waals surface area (Å²) >= 11 is 0. The van der Waals surface area contributed by atoms with Gasteiger partial charge in [-0.3, -0.25) is 4.79 Å². The summed E-state index contributed by atoms with van der Waals surface area (Å²) in [4.78, 5) is 11.0. The molecule has 3 heteroatoms. The van der Waals surface area contributed by atoms with Crippen LogP contribution in [0.3, 0.4) is 0 Å². The van der Waals surface area contributed by atoms with Crippen molar-refractivity contribution in [2.24, 2.45) is 0 Å². The minimum absolute atomic E-state index is 0.102. The zero-order valence-corrected chi connectivity index (χ0v) is 10.2. The van der Waals surface area contributed by atoms with E-state index in [2.05, 4.69) is 11.4 Å². The first kappa shape index (κ1) is 12.6. The number of carbonyl (C=O) groups is 1. The molecule has 16 heavy (non-hydrogen) atoms. The number of rotatable bonds is 5. The van der Waals surface area contributed by atoms with Crippen molar-refractivity contribution in [3.63, 3.8) is 0 Å². The fourth-order valence-corrected chi connectivity index (χ4v) is 1.57. The fraction of sp³-hybridized carbons (Fsp3) is 0.462. The molecule has 0 heterocycles. The number of carbonyl (C=O) groups excluding carboxylic acids is 1. The SMILES string of the molecule is CCC(=O)NCCc1ccc(OC)c(C)c1. The first-order chi connectivity index (χ1) is 7.67. The Morgan fingerprint density at radius 3 is 2.75 bits per heavy atom. The average Bonchev–Trinajstić information content (AvgIpc) is 2.29. The maximum Gasteiger partial charge on any atom is 0.219 e. The van der Waals surface area contributed by atoms with Crippen LogP contribution in [0.5, 0.6) is 5.75 Å². The van der Waals surface area contributed by atoms with E-state index in [1.165, 1.54) is 5.56 Å². The summed E-state index contributed by atoms with van der Waals surface area (Å²) in [7, 11) is 1.67. The van der Waals surface area contributed by atoms with Gasteiger partial charge in [0.25, 0.3) is 0 Å². The van der Waals surface area contributed by atoms with Crippen molar-refractivity contribution in [2.75, 3.05) is 13.7 Å². The maximum absolute atomic E-state index is 11.0. The normalized spacial score (nSPS) is 9.94. The molecule has 0 saturated heterocycles. The van der Waals surface area contributed by atoms with Gasteiger partial charge in [-0.1, -0.05) is 19.1 Å². The summed E-state index contributed by atoms with van der Waals surface area (Å²) in [5.41, 5.74) is 2.34. The van der Waals surface area contributed by atoms with Gasteiger partial charge in [0, 0.05) is 13.0 Å². The highest BCUT2D eigenvalue weighted by Crippen LogP contribution is 2.18. The van der Waals surface area contributed by atoms with Crippen LogP contribution in [0.2, 0.25) is 0 Å². The molecule has 0 unspecified atom stereocenters. The second kappa shape index (κ2) is 6.16. The summed E-state index contributed by atoms with van der Waals surface area (Å²) in [5.74, 6) is 1.01. The molecule has 0 saturated carbocycles. The standard InChI is InChI=1S/C13H19NO2/c1-4-13(15)14-8-7-11-5-6-12(16-3)10(2)9-11/h5-6,9H,4,7-8H2,1-3H3,(H,14,15). The summed E-state index contributed by atoms with van der Waals surface area (Å²) in [6.07, 6.45) is 1.40. The summed E-state index contributed by atoms with van der Waals surface area (Å²) < 4.78 is 5.19. The molecular formula is C13H19NO2. The van der Waals surface area contributed by atoms with Gasteiger partial charge in [0.05, 0.1) is 7.11 Å². The third kappa shape index (κ3) is 3.57. The second-order valence-electron chi connectivity index (χ2n) is 3.76. The topological polar surface area (TPSA) is 38.3 Å². The molecule has 0 aliphatic rings. The summed E-state index contributed by atoms with van der Waals surface area (Å²) in [6.45, 7) is 4.57. The molecule has 1 aromatic rings. The smallest absolute Gasteiger partial charge is 0.219 e. The number of aryl methyl sites for hydroxylation is 1. The van der Waals surface area contributed by atoms with E-state index < -0.39 is 0 Å². The van der Waals surface area contributed by atoms with Crippen molar-refractivity contribution in [3.05, 3.63) is 29.3 Å². The molecule has 0 spiro atoms. The average molecular weight is 221 g/mol. The predicted octanol–water partition coefficient (Wildman–Crippen LogP) is 2.07. The van der Waals surface area contributed by atoms with Gasteiger partial charge in [0.1, 0.15) is 5.75 Å². The fourth-order valence-electron chi connectivity index (χ4n) is 1.57. The van der Waals surface area contributed by atoms with E-state index in [0.717, 1.165) is 17.7 Å². The Hall–Kier alpha value is -1.51. The van der Waals surface area contributed by atoms with Gasteiger partial charge < -0.3 is 10.1 Å². The zero-order valence-electron chi connectivity index (χ0n) is 10.2. The van der Waals surface area contributed by atoms with Crippen LogP contribution in [0.1, 0.15) is 24.5 Å². The molecular weight excluding hydrogens is 202 g/mol. The molecule has 0 aromatic heterocycles. The number of hydrogen-bond acceptors (Lipinski definition) is 2. The van der Waals surface area contributed by atoms with E-state index in [9.17, 15) is 4.79 Å². The van der Waals surface area contributed by atoms with Crippen LogP contribution in [0.15, 0.2) is 18.2 Å². The molecule has 0 bridgehead atoms. The lowest BCUT2D eigenvalue weighted by Gasteiger charge is -2.08. The molecule has 0 radical (unpaired) electrons. The summed E-state index contributed by atoms with van der Waals surface area (Å²) in [6, 6.07) is 6.09. The van der Waals surface area contributed by atoms with Crippen molar-refractivity contribution >= 4 is 5.91 Å². The van der Waals surface area contributed by atoms with E-state index in [-0.39, 0.29) is 5.91 Å². The Morgan fingerprint density at radius 1 is 1.44 bits per heavy atom. The molecule has 1 aromatic carbocycles.